The van der Waals surface area contributed by atoms with Gasteiger partial charge in [0, 0.05) is 0 Å². The fourth-order valence-electron chi connectivity index (χ4n) is 2.50. The number of carbonyl (C=O) groups is 1. The molecule has 1 aromatic carbocycles. The minimum Gasteiger partial charge on any atom is -0.496 e. The molecule has 0 aliphatic heterocycles. The molecule has 1 N–H and O–H groups in total. The molecule has 0 aromatic heterocycles. The zero-order chi connectivity index (χ0) is 14.0. The Kier molecular flexibility index (Phi) is 4.38. The van der Waals surface area contributed by atoms with Crippen LogP contribution in [0.15, 0.2) is 6.07 Å². The van der Waals surface area contributed by atoms with Gasteiger partial charge in [-0.1, -0.05) is 19.9 Å². The van der Waals surface area contributed by atoms with Crippen LogP contribution in [0.5, 0.6) is 5.75 Å². The van der Waals surface area contributed by atoms with Crippen molar-refractivity contribution < 1.29 is 14.6 Å². The van der Waals surface area contributed by atoms with Crippen LogP contribution in [0.25, 0.3) is 0 Å². The highest BCUT2D eigenvalue weighted by molar-refractivity contribution is 5.77. The van der Waals surface area contributed by atoms with Crippen molar-refractivity contribution in [1.82, 2.24) is 0 Å². The summed E-state index contributed by atoms with van der Waals surface area (Å²) in [6.45, 7) is 9.77. The summed E-state index contributed by atoms with van der Waals surface area (Å²) in [5, 5.41) is 9.40. The molecule has 0 heterocycles. The van der Waals surface area contributed by atoms with Crippen LogP contribution >= 0.6 is 0 Å². The minimum atomic E-state index is -0.767. The number of carboxylic acids is 1. The van der Waals surface area contributed by atoms with Crippen LogP contribution < -0.4 is 4.74 Å². The molecule has 1 aromatic rings. The Bertz CT molecular complexity index is 461. The zero-order valence-corrected chi connectivity index (χ0v) is 12.0. The quantitative estimate of drug-likeness (QED) is 0.890. The van der Waals surface area contributed by atoms with Gasteiger partial charge in [-0.05, 0) is 48.9 Å². The molecule has 0 fully saturated rings. The van der Waals surface area contributed by atoms with Gasteiger partial charge in [-0.3, -0.25) is 4.79 Å². The smallest absolute Gasteiger partial charge is 0.311 e. The van der Waals surface area contributed by atoms with Gasteiger partial charge in [0.15, 0.2) is 0 Å². The zero-order valence-electron chi connectivity index (χ0n) is 12.0. The second kappa shape index (κ2) is 5.42. The van der Waals surface area contributed by atoms with E-state index in [4.69, 9.17) is 4.74 Å². The number of ether oxygens (including phenoxy) is 1. The predicted octanol–water partition coefficient (Wildman–Crippen LogP) is 3.44. The lowest BCUT2D eigenvalue weighted by atomic mass is 9.83. The summed E-state index contributed by atoms with van der Waals surface area (Å²) in [6, 6.07) is 1.94. The molecule has 18 heavy (non-hydrogen) atoms. The molecule has 0 spiro atoms. The first kappa shape index (κ1) is 14.6. The predicted molar refractivity (Wildman–Crippen MR) is 72.4 cm³/mol. The van der Waals surface area contributed by atoms with Crippen LogP contribution in [0.3, 0.4) is 0 Å². The Hall–Kier alpha value is -1.51. The van der Waals surface area contributed by atoms with Gasteiger partial charge in [0.05, 0.1) is 13.0 Å². The Balaban J connectivity index is 3.46. The maximum absolute atomic E-state index is 11.4. The van der Waals surface area contributed by atoms with Crippen LogP contribution in [0.4, 0.5) is 0 Å². The van der Waals surface area contributed by atoms with Crippen LogP contribution in [0.1, 0.15) is 42.0 Å². The molecule has 0 radical (unpaired) electrons. The van der Waals surface area contributed by atoms with Crippen molar-refractivity contribution in [1.29, 1.82) is 0 Å². The van der Waals surface area contributed by atoms with Gasteiger partial charge in [-0.15, -0.1) is 0 Å². The number of benzene rings is 1. The minimum absolute atomic E-state index is 0.0633. The summed E-state index contributed by atoms with van der Waals surface area (Å²) in [7, 11) is 1.64. The average Bonchev–Trinajstić information content (AvgIpc) is 2.25. The molecule has 3 heteroatoms. The van der Waals surface area contributed by atoms with Crippen molar-refractivity contribution >= 4 is 5.97 Å². The molecule has 100 valence electrons. The summed E-state index contributed by atoms with van der Waals surface area (Å²) < 4.78 is 5.36. The number of aryl methyl sites for hydroxylation is 1. The molecular formula is C15H22O3. The van der Waals surface area contributed by atoms with Crippen LogP contribution in [-0.2, 0) is 4.79 Å². The largest absolute Gasteiger partial charge is 0.496 e. The average molecular weight is 250 g/mol. The third-order valence-corrected chi connectivity index (χ3v) is 3.54. The van der Waals surface area contributed by atoms with Gasteiger partial charge in [0.2, 0.25) is 0 Å². The molecule has 0 saturated heterocycles. The first-order chi connectivity index (χ1) is 8.31. The van der Waals surface area contributed by atoms with E-state index in [1.165, 1.54) is 0 Å². The number of carboxylic acid groups (broad SMARTS) is 1. The van der Waals surface area contributed by atoms with E-state index in [0.29, 0.717) is 0 Å². The molecule has 1 unspecified atom stereocenters. The van der Waals surface area contributed by atoms with Crippen molar-refractivity contribution in [3.05, 3.63) is 28.3 Å². The molecular weight excluding hydrogens is 228 g/mol. The van der Waals surface area contributed by atoms with Gasteiger partial charge in [-0.25, -0.2) is 0 Å². The highest BCUT2D eigenvalue weighted by atomic mass is 16.5. The molecule has 0 aliphatic rings. The molecule has 1 atom stereocenters. The van der Waals surface area contributed by atoms with Crippen LogP contribution in [0, 0.1) is 26.7 Å². The van der Waals surface area contributed by atoms with Gasteiger partial charge in [-0.2, -0.15) is 0 Å². The molecule has 1 rings (SSSR count). The van der Waals surface area contributed by atoms with E-state index < -0.39 is 11.9 Å². The van der Waals surface area contributed by atoms with Gasteiger partial charge < -0.3 is 9.84 Å². The standard InChI is InChI=1S/C15H22O3/c1-8(2)13(15(16)17)12-7-9(3)14(18-6)11(5)10(12)4/h7-8,13H,1-6H3,(H,16,17). The highest BCUT2D eigenvalue weighted by Gasteiger charge is 2.27. The SMILES string of the molecule is COc1c(C)cc(C(C(=O)O)C(C)C)c(C)c1C. The Labute approximate surface area is 109 Å². The van der Waals surface area contributed by atoms with Crippen molar-refractivity contribution in [2.75, 3.05) is 7.11 Å². The van der Waals surface area contributed by atoms with Crippen molar-refractivity contribution in [3.63, 3.8) is 0 Å². The molecule has 0 bridgehead atoms. The number of aliphatic carboxylic acids is 1. The fourth-order valence-corrected chi connectivity index (χ4v) is 2.50. The van der Waals surface area contributed by atoms with E-state index in [9.17, 15) is 9.90 Å². The highest BCUT2D eigenvalue weighted by Crippen LogP contribution is 2.35. The van der Waals surface area contributed by atoms with Crippen molar-refractivity contribution in [2.24, 2.45) is 5.92 Å². The Morgan fingerprint density at radius 3 is 2.17 bits per heavy atom. The summed E-state index contributed by atoms with van der Waals surface area (Å²) in [5.41, 5.74) is 3.92. The van der Waals surface area contributed by atoms with Crippen LogP contribution in [-0.4, -0.2) is 18.2 Å². The Morgan fingerprint density at radius 2 is 1.78 bits per heavy atom. The lowest BCUT2D eigenvalue weighted by Crippen LogP contribution is -2.19. The second-order valence-corrected chi connectivity index (χ2v) is 5.13. The van der Waals surface area contributed by atoms with Gasteiger partial charge in [0.1, 0.15) is 5.75 Å². The first-order valence-electron chi connectivity index (χ1n) is 6.18. The lowest BCUT2D eigenvalue weighted by Gasteiger charge is -2.22. The molecule has 3 nitrogen and oxygen atoms in total. The number of rotatable bonds is 4. The topological polar surface area (TPSA) is 46.5 Å². The van der Waals surface area contributed by atoms with E-state index in [1.54, 1.807) is 7.11 Å². The maximum atomic E-state index is 11.4. The van der Waals surface area contributed by atoms with Crippen molar-refractivity contribution in [2.45, 2.75) is 40.5 Å². The first-order valence-corrected chi connectivity index (χ1v) is 6.18. The van der Waals surface area contributed by atoms with Gasteiger partial charge in [0.25, 0.3) is 0 Å². The number of hydrogen-bond acceptors (Lipinski definition) is 2. The second-order valence-electron chi connectivity index (χ2n) is 5.13. The molecule has 0 saturated carbocycles. The lowest BCUT2D eigenvalue weighted by molar-refractivity contribution is -0.139. The van der Waals surface area contributed by atoms with Crippen LogP contribution in [0.2, 0.25) is 0 Å². The van der Waals surface area contributed by atoms with E-state index >= 15 is 0 Å². The normalized spacial score (nSPS) is 12.6. The third kappa shape index (κ3) is 2.50. The Morgan fingerprint density at radius 1 is 1.22 bits per heavy atom. The monoisotopic (exact) mass is 250 g/mol. The third-order valence-electron chi connectivity index (χ3n) is 3.54. The van der Waals surface area contributed by atoms with Crippen molar-refractivity contribution in [3.8, 4) is 5.75 Å². The van der Waals surface area contributed by atoms with E-state index in [2.05, 4.69) is 0 Å². The van der Waals surface area contributed by atoms with E-state index in [0.717, 1.165) is 28.0 Å². The summed E-state index contributed by atoms with van der Waals surface area (Å²) in [5.74, 6) is -0.317. The maximum Gasteiger partial charge on any atom is 0.311 e. The van der Waals surface area contributed by atoms with E-state index in [-0.39, 0.29) is 5.92 Å². The summed E-state index contributed by atoms with van der Waals surface area (Å²) >= 11 is 0. The fraction of sp³-hybridized carbons (Fsp3) is 0.533. The summed E-state index contributed by atoms with van der Waals surface area (Å²) in [4.78, 5) is 11.4. The molecule has 0 aliphatic carbocycles. The summed E-state index contributed by atoms with van der Waals surface area (Å²) in [6.07, 6.45) is 0. The number of methoxy groups -OCH3 is 1. The molecule has 0 amide bonds. The number of hydrogen-bond donors (Lipinski definition) is 1. The van der Waals surface area contributed by atoms with E-state index in [1.807, 2.05) is 40.7 Å². The van der Waals surface area contributed by atoms with Gasteiger partial charge >= 0.3 is 5.97 Å².